The number of sulfone groups is 1. The second-order valence-electron chi connectivity index (χ2n) is 8.08. The molecule has 7 heteroatoms. The van der Waals surface area contributed by atoms with Crippen molar-refractivity contribution in [1.82, 2.24) is 4.90 Å². The molecule has 0 aromatic heterocycles. The van der Waals surface area contributed by atoms with Crippen molar-refractivity contribution in [3.63, 3.8) is 0 Å². The molecule has 0 spiro atoms. The minimum absolute atomic E-state index is 0.0704. The third kappa shape index (κ3) is 4.14. The number of amides is 1. The maximum absolute atomic E-state index is 12.6. The van der Waals surface area contributed by atoms with Gasteiger partial charge in [0, 0.05) is 13.1 Å². The van der Waals surface area contributed by atoms with Crippen molar-refractivity contribution in [1.29, 1.82) is 0 Å². The first-order valence-electron chi connectivity index (χ1n) is 9.04. The highest BCUT2D eigenvalue weighted by Crippen LogP contribution is 2.33. The van der Waals surface area contributed by atoms with Crippen LogP contribution >= 0.6 is 0 Å². The molecule has 1 amide bonds. The van der Waals surface area contributed by atoms with Crippen LogP contribution in [-0.4, -0.2) is 49.6 Å². The lowest BCUT2D eigenvalue weighted by molar-refractivity contribution is -0.131. The molecular weight excluding hydrogens is 354 g/mol. The maximum atomic E-state index is 12.6. The van der Waals surface area contributed by atoms with Gasteiger partial charge in [-0.05, 0) is 57.2 Å². The Labute approximate surface area is 155 Å². The number of rotatable bonds is 4. The molecule has 0 aliphatic carbocycles. The van der Waals surface area contributed by atoms with E-state index in [1.807, 2.05) is 23.1 Å². The number of likely N-dealkylation sites (tertiary alicyclic amines) is 1. The van der Waals surface area contributed by atoms with Gasteiger partial charge in [-0.2, -0.15) is 0 Å². The monoisotopic (exact) mass is 381 g/mol. The largest absolute Gasteiger partial charge is 0.454 e. The van der Waals surface area contributed by atoms with E-state index in [1.54, 1.807) is 20.8 Å². The van der Waals surface area contributed by atoms with Crippen molar-refractivity contribution < 1.29 is 22.7 Å². The van der Waals surface area contributed by atoms with E-state index in [1.165, 1.54) is 0 Å². The van der Waals surface area contributed by atoms with Crippen LogP contribution in [0.15, 0.2) is 18.2 Å². The van der Waals surface area contributed by atoms with Gasteiger partial charge in [0.2, 0.25) is 12.7 Å². The summed E-state index contributed by atoms with van der Waals surface area (Å²) in [7, 11) is -3.12. The standard InChI is InChI=1S/C19H27NO5S/c1-19(2,3)26(22,23)12-14-6-8-20(9-7-14)18(21)11-15-4-5-16-17(10-15)25-13-24-16/h4-5,10,14H,6-9,11-13H2,1-3H3. The third-order valence-electron chi connectivity index (χ3n) is 5.15. The lowest BCUT2D eigenvalue weighted by atomic mass is 9.98. The van der Waals surface area contributed by atoms with Crippen molar-refractivity contribution in [3.05, 3.63) is 23.8 Å². The van der Waals surface area contributed by atoms with Crippen LogP contribution in [0.5, 0.6) is 11.5 Å². The third-order valence-corrected chi connectivity index (χ3v) is 7.92. The molecule has 1 saturated heterocycles. The molecule has 1 aromatic carbocycles. The fraction of sp³-hybridized carbons (Fsp3) is 0.632. The number of fused-ring (bicyclic) bond motifs is 1. The van der Waals surface area contributed by atoms with Crippen LogP contribution in [0.1, 0.15) is 39.2 Å². The van der Waals surface area contributed by atoms with E-state index >= 15 is 0 Å². The Kier molecular flexibility index (Phi) is 5.19. The summed E-state index contributed by atoms with van der Waals surface area (Å²) < 4.78 is 34.6. The molecular formula is C19H27NO5S. The summed E-state index contributed by atoms with van der Waals surface area (Å²) in [5.74, 6) is 1.80. The molecule has 0 saturated carbocycles. The van der Waals surface area contributed by atoms with Crippen LogP contribution in [0.4, 0.5) is 0 Å². The number of benzene rings is 1. The molecule has 144 valence electrons. The maximum Gasteiger partial charge on any atom is 0.231 e. The highest BCUT2D eigenvalue weighted by atomic mass is 32.2. The van der Waals surface area contributed by atoms with E-state index in [0.717, 1.165) is 18.4 Å². The average molecular weight is 381 g/mol. The molecule has 6 nitrogen and oxygen atoms in total. The number of carbonyl (C=O) groups excluding carboxylic acids is 1. The fourth-order valence-electron chi connectivity index (χ4n) is 3.25. The average Bonchev–Trinajstić information content (AvgIpc) is 3.01. The first-order valence-corrected chi connectivity index (χ1v) is 10.7. The molecule has 2 aliphatic rings. The number of hydrogen-bond donors (Lipinski definition) is 0. The highest BCUT2D eigenvalue weighted by Gasteiger charge is 2.33. The number of ether oxygens (including phenoxy) is 2. The Morgan fingerprint density at radius 3 is 2.46 bits per heavy atom. The number of carbonyl (C=O) groups is 1. The normalized spacial score (nSPS) is 18.2. The molecule has 0 bridgehead atoms. The summed E-state index contributed by atoms with van der Waals surface area (Å²) in [6.45, 7) is 6.68. The zero-order valence-corrected chi connectivity index (χ0v) is 16.5. The van der Waals surface area contributed by atoms with Crippen molar-refractivity contribution in [2.45, 2.75) is 44.8 Å². The summed E-state index contributed by atoms with van der Waals surface area (Å²) in [6.07, 6.45) is 1.80. The van der Waals surface area contributed by atoms with Crippen LogP contribution < -0.4 is 9.47 Å². The summed E-state index contributed by atoms with van der Waals surface area (Å²) in [5, 5.41) is 0. The van der Waals surface area contributed by atoms with Gasteiger partial charge in [0.05, 0.1) is 16.9 Å². The second kappa shape index (κ2) is 7.10. The molecule has 3 rings (SSSR count). The minimum atomic E-state index is -3.12. The van der Waals surface area contributed by atoms with E-state index in [2.05, 4.69) is 0 Å². The Hall–Kier alpha value is -1.76. The molecule has 1 fully saturated rings. The zero-order chi connectivity index (χ0) is 18.9. The van der Waals surface area contributed by atoms with E-state index in [9.17, 15) is 13.2 Å². The molecule has 0 radical (unpaired) electrons. The number of hydrogen-bond acceptors (Lipinski definition) is 5. The molecule has 0 N–H and O–H groups in total. The Balaban J connectivity index is 1.52. The summed E-state index contributed by atoms with van der Waals surface area (Å²) in [5.41, 5.74) is 0.900. The summed E-state index contributed by atoms with van der Waals surface area (Å²) >= 11 is 0. The summed E-state index contributed by atoms with van der Waals surface area (Å²) in [6, 6.07) is 5.56. The first-order chi connectivity index (χ1) is 12.2. The van der Waals surface area contributed by atoms with Gasteiger partial charge in [-0.1, -0.05) is 6.07 Å². The second-order valence-corrected chi connectivity index (χ2v) is 10.9. The molecule has 2 aliphatic heterocycles. The van der Waals surface area contributed by atoms with Crippen LogP contribution in [0.3, 0.4) is 0 Å². The molecule has 26 heavy (non-hydrogen) atoms. The Morgan fingerprint density at radius 2 is 1.81 bits per heavy atom. The van der Waals surface area contributed by atoms with Gasteiger partial charge >= 0.3 is 0 Å². The molecule has 1 aromatic rings. The predicted octanol–water partition coefficient (Wildman–Crippen LogP) is 2.41. The van der Waals surface area contributed by atoms with Crippen LogP contribution in [-0.2, 0) is 21.1 Å². The van der Waals surface area contributed by atoms with Gasteiger partial charge in [0.1, 0.15) is 0 Å². The Bertz CT molecular complexity index is 774. The lowest BCUT2D eigenvalue weighted by Gasteiger charge is -2.33. The Morgan fingerprint density at radius 1 is 1.15 bits per heavy atom. The van der Waals surface area contributed by atoms with Crippen LogP contribution in [0.2, 0.25) is 0 Å². The van der Waals surface area contributed by atoms with Gasteiger partial charge in [0.15, 0.2) is 21.3 Å². The number of piperidine rings is 1. The van der Waals surface area contributed by atoms with Crippen molar-refractivity contribution in [2.75, 3.05) is 25.6 Å². The van der Waals surface area contributed by atoms with Crippen molar-refractivity contribution >= 4 is 15.7 Å². The zero-order valence-electron chi connectivity index (χ0n) is 15.7. The quantitative estimate of drug-likeness (QED) is 0.801. The van der Waals surface area contributed by atoms with Gasteiger partial charge < -0.3 is 14.4 Å². The van der Waals surface area contributed by atoms with Crippen molar-refractivity contribution in [2.24, 2.45) is 5.92 Å². The summed E-state index contributed by atoms with van der Waals surface area (Å²) in [4.78, 5) is 14.4. The van der Waals surface area contributed by atoms with E-state index in [4.69, 9.17) is 9.47 Å². The smallest absolute Gasteiger partial charge is 0.231 e. The number of nitrogens with zero attached hydrogens (tertiary/aromatic N) is 1. The molecule has 0 unspecified atom stereocenters. The molecule has 0 atom stereocenters. The van der Waals surface area contributed by atoms with Crippen LogP contribution in [0.25, 0.3) is 0 Å². The van der Waals surface area contributed by atoms with Gasteiger partial charge in [-0.3, -0.25) is 4.79 Å². The van der Waals surface area contributed by atoms with Gasteiger partial charge in [0.25, 0.3) is 0 Å². The first kappa shape index (κ1) is 19.0. The minimum Gasteiger partial charge on any atom is -0.454 e. The van der Waals surface area contributed by atoms with Gasteiger partial charge in [-0.15, -0.1) is 0 Å². The molecule has 2 heterocycles. The van der Waals surface area contributed by atoms with Crippen molar-refractivity contribution in [3.8, 4) is 11.5 Å². The van der Waals surface area contributed by atoms with Gasteiger partial charge in [-0.25, -0.2) is 8.42 Å². The van der Waals surface area contributed by atoms with Crippen LogP contribution in [0, 0.1) is 5.92 Å². The van der Waals surface area contributed by atoms with E-state index in [0.29, 0.717) is 31.0 Å². The lowest BCUT2D eigenvalue weighted by Crippen LogP contribution is -2.42. The predicted molar refractivity (Wildman–Crippen MR) is 99.1 cm³/mol. The highest BCUT2D eigenvalue weighted by molar-refractivity contribution is 7.92. The topological polar surface area (TPSA) is 72.9 Å². The van der Waals surface area contributed by atoms with E-state index < -0.39 is 14.6 Å². The van der Waals surface area contributed by atoms with E-state index in [-0.39, 0.29) is 24.4 Å². The SMILES string of the molecule is CC(C)(C)S(=O)(=O)CC1CCN(C(=O)Cc2ccc3c(c2)OCO3)CC1. The fourth-order valence-corrected chi connectivity index (χ4v) is 4.70.